The molecule has 0 aromatic heterocycles. The van der Waals surface area contributed by atoms with E-state index in [1.807, 2.05) is 0 Å². The highest BCUT2D eigenvalue weighted by molar-refractivity contribution is 5.66. The molecule has 6 nitrogen and oxygen atoms in total. The zero-order valence-corrected chi connectivity index (χ0v) is 28.2. The molecule has 0 bridgehead atoms. The summed E-state index contributed by atoms with van der Waals surface area (Å²) in [5, 5.41) is 0. The van der Waals surface area contributed by atoms with Crippen molar-refractivity contribution in [2.45, 2.75) is 134 Å². The Balaban J connectivity index is 4.12. The lowest BCUT2D eigenvalue weighted by Crippen LogP contribution is -2.73. The summed E-state index contributed by atoms with van der Waals surface area (Å²) in [5.41, 5.74) is -0.306. The highest BCUT2D eigenvalue weighted by atomic mass is 19.4. The van der Waals surface area contributed by atoms with Gasteiger partial charge in [0.1, 0.15) is 11.2 Å². The summed E-state index contributed by atoms with van der Waals surface area (Å²) < 4.78 is 422. The average molecular weight is 980 g/mol. The molecule has 1 rings (SSSR count). The van der Waals surface area contributed by atoms with Gasteiger partial charge in [0.05, 0.1) is 12.8 Å². The van der Waals surface area contributed by atoms with Crippen LogP contribution in [-0.4, -0.2) is 107 Å². The van der Waals surface area contributed by atoms with Crippen molar-refractivity contribution < 1.29 is 151 Å². The first-order chi connectivity index (χ1) is 26.1. The predicted molar refractivity (Wildman–Crippen MR) is 131 cm³/mol. The number of carbonyl (C=O) groups is 2. The van der Waals surface area contributed by atoms with Crippen LogP contribution in [0.1, 0.15) is 39.0 Å². The van der Waals surface area contributed by atoms with Gasteiger partial charge in [-0.3, -0.25) is 0 Å². The number of hydrogen-bond donors (Lipinski definition) is 2. The van der Waals surface area contributed by atoms with Crippen LogP contribution in [0.5, 0.6) is 0 Å². The van der Waals surface area contributed by atoms with Crippen molar-refractivity contribution in [3.05, 3.63) is 0 Å². The molecule has 3 atom stereocenters. The van der Waals surface area contributed by atoms with Crippen LogP contribution in [0.2, 0.25) is 0 Å². The van der Waals surface area contributed by atoms with Crippen molar-refractivity contribution in [2.75, 3.05) is 0 Å². The third kappa shape index (κ3) is 8.02. The van der Waals surface area contributed by atoms with E-state index in [-0.39, 0.29) is 6.92 Å². The fraction of sp³-hybridized carbons (Fsp3) is 0.920. The van der Waals surface area contributed by atoms with Crippen molar-refractivity contribution in [1.82, 2.24) is 0 Å². The predicted octanol–water partition coefficient (Wildman–Crippen LogP) is 11.0. The second-order valence-electron chi connectivity index (χ2n) is 13.2. The molecule has 0 aliphatic heterocycles. The number of hydrogen-bond acceptors (Lipinski definition) is 4. The fourth-order valence-electron chi connectivity index (χ4n) is 5.65. The second-order valence-corrected chi connectivity index (χ2v) is 13.2. The van der Waals surface area contributed by atoms with Gasteiger partial charge in [0.25, 0.3) is 0 Å². The Kier molecular flexibility index (Phi) is 13.4. The van der Waals surface area contributed by atoms with Crippen molar-refractivity contribution in [1.29, 1.82) is 0 Å². The Bertz CT molecular complexity index is 1640. The number of halogens is 30. The normalized spacial score (nSPS) is 23.2. The largest absolute Gasteiger partial charge is 0.460 e. The first-order valence-corrected chi connectivity index (χ1v) is 14.7. The van der Waals surface area contributed by atoms with Crippen molar-refractivity contribution >= 4 is 12.2 Å². The minimum atomic E-state index is -9.00. The Hall–Kier alpha value is -3.56. The molecule has 0 saturated heterocycles. The van der Waals surface area contributed by atoms with Gasteiger partial charge in [0, 0.05) is 6.42 Å². The first-order valence-electron chi connectivity index (χ1n) is 14.7. The molecule has 36 heteroatoms. The Morgan fingerprint density at radius 1 is 0.443 bits per heavy atom. The molecule has 1 aliphatic carbocycles. The van der Waals surface area contributed by atoms with Crippen LogP contribution < -0.4 is 11.5 Å². The molecule has 3 unspecified atom stereocenters. The zero-order chi connectivity index (χ0) is 49.7. The van der Waals surface area contributed by atoms with Gasteiger partial charge < -0.3 is 20.9 Å². The van der Waals surface area contributed by atoms with E-state index in [1.54, 1.807) is 0 Å². The molecule has 0 aromatic carbocycles. The van der Waals surface area contributed by atoms with Gasteiger partial charge in [-0.15, -0.1) is 0 Å². The SMILES string of the molecule is CC1CCC(CC(F)(F)C(F)(F)C(F)(F)C(F)(F)C(F)(F)C(F)(F)C(F)(F)F)(OC(N)=O)CC1(CC(F)(F)C(F)(F)C(F)(F)C(F)(F)C(F)(F)C(F)(F)C(F)(F)F)OC(N)=O. The lowest BCUT2D eigenvalue weighted by molar-refractivity contribution is -0.454. The van der Waals surface area contributed by atoms with Crippen LogP contribution >= 0.6 is 0 Å². The number of rotatable bonds is 16. The maximum atomic E-state index is 15.2. The number of amides is 2. The molecular formula is C25H18F30N2O4. The van der Waals surface area contributed by atoms with Crippen molar-refractivity contribution in [3.8, 4) is 0 Å². The monoisotopic (exact) mass is 980 g/mol. The highest BCUT2D eigenvalue weighted by Gasteiger charge is 2.95. The fourth-order valence-corrected chi connectivity index (χ4v) is 5.65. The maximum absolute atomic E-state index is 15.2. The molecule has 1 saturated carbocycles. The number of carbonyl (C=O) groups excluding carboxylic acids is 2. The highest BCUT2D eigenvalue weighted by Crippen LogP contribution is 2.66. The Morgan fingerprint density at radius 3 is 0.984 bits per heavy atom. The minimum absolute atomic E-state index is 0.125. The van der Waals surface area contributed by atoms with Gasteiger partial charge in [-0.25, -0.2) is 9.59 Å². The van der Waals surface area contributed by atoms with E-state index < -0.39 is 145 Å². The lowest BCUT2D eigenvalue weighted by atomic mass is 9.64. The molecular weight excluding hydrogens is 962 g/mol. The van der Waals surface area contributed by atoms with Gasteiger partial charge in [-0.05, 0) is 18.8 Å². The standard InChI is InChI=1S/C25H18F30N2O4/c1-7-2-3-10(60-8(56)58,5-12(26,27)14(30,31)16(34,35)18(38,39)20(42,43)22(46,47)24(50,51)52)4-11(7,61-9(57)59)6-13(28,29)15(32,33)17(36,37)19(40,41)21(44,45)23(48,49)25(53,54)55/h7H,2-6H2,1H3,(H2,56,58)(H2,57,59). The third-order valence-corrected chi connectivity index (χ3v) is 9.02. The molecule has 1 fully saturated rings. The Labute approximate surface area is 315 Å². The molecule has 362 valence electrons. The summed E-state index contributed by atoms with van der Waals surface area (Å²) in [6.07, 6.45) is -36.7. The topological polar surface area (TPSA) is 105 Å². The van der Waals surface area contributed by atoms with Crippen LogP contribution in [0.3, 0.4) is 0 Å². The molecule has 2 amide bonds. The molecule has 1 aliphatic rings. The molecule has 0 spiro atoms. The number of nitrogens with two attached hydrogens (primary N) is 2. The van der Waals surface area contributed by atoms with Crippen LogP contribution in [0.15, 0.2) is 0 Å². The van der Waals surface area contributed by atoms with E-state index in [0.29, 0.717) is 0 Å². The zero-order valence-electron chi connectivity index (χ0n) is 28.2. The minimum Gasteiger partial charge on any atom is -0.443 e. The van der Waals surface area contributed by atoms with Crippen LogP contribution in [0.25, 0.3) is 0 Å². The summed E-state index contributed by atoms with van der Waals surface area (Å²) >= 11 is 0. The smallest absolute Gasteiger partial charge is 0.443 e. The van der Waals surface area contributed by atoms with Gasteiger partial charge in [0.2, 0.25) is 0 Å². The van der Waals surface area contributed by atoms with Gasteiger partial charge in [-0.1, -0.05) is 6.92 Å². The van der Waals surface area contributed by atoms with Crippen LogP contribution in [-0.2, 0) is 9.47 Å². The molecule has 0 aromatic rings. The second kappa shape index (κ2) is 14.8. The van der Waals surface area contributed by atoms with Crippen LogP contribution in [0, 0.1) is 5.92 Å². The van der Waals surface area contributed by atoms with E-state index in [1.165, 1.54) is 0 Å². The van der Waals surface area contributed by atoms with Crippen LogP contribution in [0.4, 0.5) is 141 Å². The summed E-state index contributed by atoms with van der Waals surface area (Å²) in [6.45, 7) is 0.125. The van der Waals surface area contributed by atoms with Gasteiger partial charge in [0.15, 0.2) is 0 Å². The van der Waals surface area contributed by atoms with E-state index >= 15 is 17.6 Å². The maximum Gasteiger partial charge on any atom is 0.460 e. The molecule has 4 N–H and O–H groups in total. The van der Waals surface area contributed by atoms with E-state index in [9.17, 15) is 124 Å². The average Bonchev–Trinajstić information content (AvgIpc) is 2.99. The number of primary amides is 2. The summed E-state index contributed by atoms with van der Waals surface area (Å²) in [4.78, 5) is 23.2. The van der Waals surface area contributed by atoms with Crippen molar-refractivity contribution in [3.63, 3.8) is 0 Å². The molecule has 61 heavy (non-hydrogen) atoms. The molecule has 0 heterocycles. The quantitative estimate of drug-likeness (QED) is 0.150. The van der Waals surface area contributed by atoms with E-state index in [2.05, 4.69) is 20.9 Å². The van der Waals surface area contributed by atoms with E-state index in [4.69, 9.17) is 0 Å². The molecule has 0 radical (unpaired) electrons. The number of ether oxygens (including phenoxy) is 2. The lowest BCUT2D eigenvalue weighted by Gasteiger charge is -2.52. The summed E-state index contributed by atoms with van der Waals surface area (Å²) in [7, 11) is 0. The summed E-state index contributed by atoms with van der Waals surface area (Å²) in [6, 6.07) is 0. The van der Waals surface area contributed by atoms with Gasteiger partial charge in [-0.2, -0.15) is 132 Å². The third-order valence-electron chi connectivity index (χ3n) is 9.02. The number of alkyl halides is 30. The summed E-state index contributed by atoms with van der Waals surface area (Å²) in [5.74, 6) is -106. The first kappa shape index (κ1) is 55.5. The van der Waals surface area contributed by atoms with Crippen molar-refractivity contribution in [2.24, 2.45) is 17.4 Å². The van der Waals surface area contributed by atoms with E-state index in [0.717, 1.165) is 0 Å². The van der Waals surface area contributed by atoms with Gasteiger partial charge >= 0.3 is 95.6 Å². The Morgan fingerprint density at radius 2 is 0.705 bits per heavy atom.